The number of anilines is 1. The van der Waals surface area contributed by atoms with Crippen LogP contribution in [0.1, 0.15) is 6.92 Å². The fraction of sp³-hybridized carbons (Fsp3) is 0.286. The van der Waals surface area contributed by atoms with Crippen LogP contribution in [0.25, 0.3) is 22.4 Å². The highest BCUT2D eigenvalue weighted by Gasteiger charge is 2.13. The summed E-state index contributed by atoms with van der Waals surface area (Å²) < 4.78 is 1.70. The SMILES string of the molecule is C[C@@H](O)CNc1nc(-c2cccnc2)nc2c1cnn2C. The van der Waals surface area contributed by atoms with Crippen molar-refractivity contribution in [1.82, 2.24) is 24.7 Å². The quantitative estimate of drug-likeness (QED) is 0.749. The van der Waals surface area contributed by atoms with Crippen LogP contribution in [0, 0.1) is 0 Å². The van der Waals surface area contributed by atoms with Crippen LogP contribution in [0.4, 0.5) is 5.82 Å². The zero-order chi connectivity index (χ0) is 14.8. The molecule has 0 fully saturated rings. The highest BCUT2D eigenvalue weighted by molar-refractivity contribution is 5.88. The number of pyridine rings is 1. The van der Waals surface area contributed by atoms with E-state index in [2.05, 4.69) is 25.4 Å². The number of aliphatic hydroxyl groups is 1. The first-order valence-corrected chi connectivity index (χ1v) is 6.67. The van der Waals surface area contributed by atoms with E-state index in [0.29, 0.717) is 18.2 Å². The first-order chi connectivity index (χ1) is 10.1. The summed E-state index contributed by atoms with van der Waals surface area (Å²) in [4.78, 5) is 13.2. The Kier molecular flexibility index (Phi) is 3.49. The standard InChI is InChI=1S/C14H16N6O/c1-9(21)6-16-13-11-8-17-20(2)14(11)19-12(18-13)10-4-3-5-15-7-10/h3-5,7-9,21H,6H2,1-2H3,(H,16,18,19)/t9-/m1/s1. The van der Waals surface area contributed by atoms with Crippen molar-refractivity contribution in [2.45, 2.75) is 13.0 Å². The Morgan fingerprint density at radius 2 is 2.19 bits per heavy atom. The lowest BCUT2D eigenvalue weighted by atomic mass is 10.2. The van der Waals surface area contributed by atoms with Gasteiger partial charge in [-0.3, -0.25) is 9.67 Å². The lowest BCUT2D eigenvalue weighted by Gasteiger charge is -2.10. The molecule has 0 aliphatic rings. The maximum absolute atomic E-state index is 9.44. The number of aromatic nitrogens is 5. The smallest absolute Gasteiger partial charge is 0.165 e. The van der Waals surface area contributed by atoms with E-state index in [1.165, 1.54) is 0 Å². The fourth-order valence-corrected chi connectivity index (χ4v) is 2.03. The summed E-state index contributed by atoms with van der Waals surface area (Å²) in [5.74, 6) is 1.24. The Bertz CT molecular complexity index is 753. The van der Waals surface area contributed by atoms with E-state index in [1.807, 2.05) is 19.2 Å². The molecule has 3 aromatic rings. The number of fused-ring (bicyclic) bond motifs is 1. The van der Waals surface area contributed by atoms with Crippen molar-refractivity contribution < 1.29 is 5.11 Å². The lowest BCUT2D eigenvalue weighted by Crippen LogP contribution is -2.16. The van der Waals surface area contributed by atoms with Gasteiger partial charge in [-0.2, -0.15) is 5.10 Å². The number of hydrogen-bond acceptors (Lipinski definition) is 6. The van der Waals surface area contributed by atoms with Crippen molar-refractivity contribution in [1.29, 1.82) is 0 Å². The molecule has 0 radical (unpaired) electrons. The number of nitrogens with one attached hydrogen (secondary N) is 1. The molecule has 0 saturated heterocycles. The van der Waals surface area contributed by atoms with Crippen LogP contribution in [0.15, 0.2) is 30.7 Å². The summed E-state index contributed by atoms with van der Waals surface area (Å²) in [7, 11) is 1.83. The first kappa shape index (κ1) is 13.4. The number of hydrogen-bond donors (Lipinski definition) is 2. The predicted octanol–water partition coefficient (Wildman–Crippen LogP) is 1.22. The molecule has 2 N–H and O–H groups in total. The first-order valence-electron chi connectivity index (χ1n) is 6.67. The van der Waals surface area contributed by atoms with Crippen LogP contribution in [0.2, 0.25) is 0 Å². The van der Waals surface area contributed by atoms with Gasteiger partial charge in [0.2, 0.25) is 0 Å². The minimum Gasteiger partial charge on any atom is -0.392 e. The Morgan fingerprint density at radius 3 is 2.90 bits per heavy atom. The Morgan fingerprint density at radius 1 is 1.33 bits per heavy atom. The van der Waals surface area contributed by atoms with Gasteiger partial charge in [0.1, 0.15) is 5.82 Å². The van der Waals surface area contributed by atoms with E-state index < -0.39 is 6.10 Å². The van der Waals surface area contributed by atoms with E-state index in [9.17, 15) is 5.11 Å². The van der Waals surface area contributed by atoms with Crippen molar-refractivity contribution in [2.75, 3.05) is 11.9 Å². The van der Waals surface area contributed by atoms with Crippen LogP contribution >= 0.6 is 0 Å². The molecule has 0 saturated carbocycles. The third-order valence-corrected chi connectivity index (χ3v) is 3.08. The average molecular weight is 284 g/mol. The van der Waals surface area contributed by atoms with E-state index in [0.717, 1.165) is 16.6 Å². The number of rotatable bonds is 4. The van der Waals surface area contributed by atoms with Gasteiger partial charge in [-0.1, -0.05) is 0 Å². The second-order valence-electron chi connectivity index (χ2n) is 4.87. The van der Waals surface area contributed by atoms with E-state index in [4.69, 9.17) is 0 Å². The van der Waals surface area contributed by atoms with Crippen molar-refractivity contribution >= 4 is 16.9 Å². The zero-order valence-corrected chi connectivity index (χ0v) is 11.9. The average Bonchev–Trinajstić information content (AvgIpc) is 2.87. The molecule has 7 heteroatoms. The van der Waals surface area contributed by atoms with Gasteiger partial charge in [0.05, 0.1) is 17.7 Å². The van der Waals surface area contributed by atoms with Crippen LogP contribution in [0.5, 0.6) is 0 Å². The topological polar surface area (TPSA) is 88.8 Å². The predicted molar refractivity (Wildman–Crippen MR) is 79.7 cm³/mol. The zero-order valence-electron chi connectivity index (χ0n) is 11.9. The molecule has 21 heavy (non-hydrogen) atoms. The van der Waals surface area contributed by atoms with Gasteiger partial charge in [-0.15, -0.1) is 0 Å². The molecule has 7 nitrogen and oxygen atoms in total. The van der Waals surface area contributed by atoms with E-state index >= 15 is 0 Å². The largest absolute Gasteiger partial charge is 0.392 e. The van der Waals surface area contributed by atoms with Crippen molar-refractivity contribution in [3.63, 3.8) is 0 Å². The molecule has 108 valence electrons. The summed E-state index contributed by atoms with van der Waals surface area (Å²) in [5, 5.41) is 17.6. The van der Waals surface area contributed by atoms with E-state index in [-0.39, 0.29) is 0 Å². The van der Waals surface area contributed by atoms with Gasteiger partial charge in [-0.25, -0.2) is 9.97 Å². The second-order valence-corrected chi connectivity index (χ2v) is 4.87. The molecule has 3 heterocycles. The number of aliphatic hydroxyl groups excluding tert-OH is 1. The molecule has 0 aromatic carbocycles. The summed E-state index contributed by atoms with van der Waals surface area (Å²) in [6.07, 6.45) is 4.68. The molecule has 3 aromatic heterocycles. The number of aryl methyl sites for hydroxylation is 1. The van der Waals surface area contributed by atoms with Crippen LogP contribution in [-0.4, -0.2) is 42.5 Å². The highest BCUT2D eigenvalue weighted by Crippen LogP contribution is 2.23. The second kappa shape index (κ2) is 5.45. The molecule has 0 aliphatic heterocycles. The number of nitrogens with zero attached hydrogens (tertiary/aromatic N) is 5. The molecule has 0 bridgehead atoms. The molecular weight excluding hydrogens is 268 g/mol. The molecule has 0 spiro atoms. The molecule has 3 rings (SSSR count). The minimum atomic E-state index is -0.464. The normalized spacial score (nSPS) is 12.5. The van der Waals surface area contributed by atoms with Crippen LogP contribution in [-0.2, 0) is 7.05 Å². The van der Waals surface area contributed by atoms with Crippen LogP contribution in [0.3, 0.4) is 0 Å². The van der Waals surface area contributed by atoms with Gasteiger partial charge in [0.25, 0.3) is 0 Å². The minimum absolute atomic E-state index is 0.410. The molecular formula is C14H16N6O. The van der Waals surface area contributed by atoms with Gasteiger partial charge in [0, 0.05) is 31.5 Å². The van der Waals surface area contributed by atoms with Gasteiger partial charge in [0.15, 0.2) is 11.5 Å². The van der Waals surface area contributed by atoms with Crippen molar-refractivity contribution in [2.24, 2.45) is 7.05 Å². The molecule has 0 amide bonds. The van der Waals surface area contributed by atoms with Gasteiger partial charge >= 0.3 is 0 Å². The Hall–Kier alpha value is -2.54. The van der Waals surface area contributed by atoms with Crippen molar-refractivity contribution in [3.8, 4) is 11.4 Å². The molecule has 0 unspecified atom stereocenters. The Labute approximate surface area is 121 Å². The van der Waals surface area contributed by atoms with Gasteiger partial charge < -0.3 is 10.4 Å². The third kappa shape index (κ3) is 2.68. The monoisotopic (exact) mass is 284 g/mol. The lowest BCUT2D eigenvalue weighted by molar-refractivity contribution is 0.208. The van der Waals surface area contributed by atoms with E-state index in [1.54, 1.807) is 30.2 Å². The maximum atomic E-state index is 9.44. The molecule has 0 aliphatic carbocycles. The Balaban J connectivity index is 2.11. The summed E-state index contributed by atoms with van der Waals surface area (Å²) in [6, 6.07) is 3.75. The van der Waals surface area contributed by atoms with Crippen molar-refractivity contribution in [3.05, 3.63) is 30.7 Å². The fourth-order valence-electron chi connectivity index (χ4n) is 2.03. The summed E-state index contributed by atoms with van der Waals surface area (Å²) in [5.41, 5.74) is 1.57. The van der Waals surface area contributed by atoms with Crippen LogP contribution < -0.4 is 5.32 Å². The maximum Gasteiger partial charge on any atom is 0.165 e. The third-order valence-electron chi connectivity index (χ3n) is 3.08. The molecule has 1 atom stereocenters. The highest BCUT2D eigenvalue weighted by atomic mass is 16.3. The summed E-state index contributed by atoms with van der Waals surface area (Å²) >= 11 is 0. The summed E-state index contributed by atoms with van der Waals surface area (Å²) in [6.45, 7) is 2.13. The van der Waals surface area contributed by atoms with Gasteiger partial charge in [-0.05, 0) is 19.1 Å².